The lowest BCUT2D eigenvalue weighted by atomic mass is 9.69. The smallest absolute Gasteiger partial charge is 0.264 e. The first-order valence-corrected chi connectivity index (χ1v) is 13.6. The molecular formula is C20H24O7S3. The van der Waals surface area contributed by atoms with Crippen LogP contribution in [0.1, 0.15) is 24.0 Å². The van der Waals surface area contributed by atoms with Crippen molar-refractivity contribution < 1.29 is 29.9 Å². The van der Waals surface area contributed by atoms with Crippen molar-refractivity contribution >= 4 is 32.0 Å². The summed E-state index contributed by atoms with van der Waals surface area (Å²) in [5.41, 5.74) is 1.20. The summed E-state index contributed by atoms with van der Waals surface area (Å²) in [7, 11) is -5.64. The van der Waals surface area contributed by atoms with Crippen molar-refractivity contribution in [2.24, 2.45) is 0 Å². The van der Waals surface area contributed by atoms with E-state index >= 15 is 0 Å². The van der Waals surface area contributed by atoms with Gasteiger partial charge in [-0.25, -0.2) is 0 Å². The predicted octanol–water partition coefficient (Wildman–Crippen LogP) is 3.18. The SMILES string of the molecule is COc1cccc2c1Sc1ccccc1C2(CCOS(C)(=O)=O)CCOS(C)(=O)=O. The molecule has 0 bridgehead atoms. The molecule has 1 heterocycles. The van der Waals surface area contributed by atoms with Crippen molar-refractivity contribution in [2.75, 3.05) is 32.8 Å². The Hall–Kier alpha value is -1.59. The quantitative estimate of drug-likeness (QED) is 0.514. The number of hydrogen-bond acceptors (Lipinski definition) is 8. The molecule has 0 fully saturated rings. The Morgan fingerprint density at radius 3 is 1.97 bits per heavy atom. The van der Waals surface area contributed by atoms with Crippen LogP contribution in [0.5, 0.6) is 5.75 Å². The monoisotopic (exact) mass is 472 g/mol. The topological polar surface area (TPSA) is 96.0 Å². The van der Waals surface area contributed by atoms with E-state index in [2.05, 4.69) is 0 Å². The second kappa shape index (κ2) is 8.88. The Labute approximate surface area is 182 Å². The molecule has 2 aromatic carbocycles. The normalized spacial score (nSPS) is 15.3. The molecule has 0 amide bonds. The lowest BCUT2D eigenvalue weighted by Gasteiger charge is -2.41. The van der Waals surface area contributed by atoms with Gasteiger partial charge >= 0.3 is 0 Å². The average Bonchev–Trinajstić information content (AvgIpc) is 2.65. The van der Waals surface area contributed by atoms with E-state index in [-0.39, 0.29) is 13.2 Å². The van der Waals surface area contributed by atoms with E-state index in [1.807, 2.05) is 42.5 Å². The van der Waals surface area contributed by atoms with Gasteiger partial charge in [-0.15, -0.1) is 0 Å². The minimum absolute atomic E-state index is 0.0483. The third kappa shape index (κ3) is 5.17. The largest absolute Gasteiger partial charge is 0.496 e. The minimum atomic E-state index is -3.62. The van der Waals surface area contributed by atoms with Gasteiger partial charge in [-0.05, 0) is 36.1 Å². The Balaban J connectivity index is 2.13. The number of ether oxygens (including phenoxy) is 1. The van der Waals surface area contributed by atoms with Gasteiger partial charge in [0.25, 0.3) is 20.2 Å². The van der Waals surface area contributed by atoms with E-state index in [1.54, 1.807) is 18.9 Å². The minimum Gasteiger partial charge on any atom is -0.496 e. The second-order valence-electron chi connectivity index (χ2n) is 7.07. The number of fused-ring (bicyclic) bond motifs is 2. The molecule has 0 radical (unpaired) electrons. The zero-order valence-electron chi connectivity index (χ0n) is 17.0. The predicted molar refractivity (Wildman–Crippen MR) is 115 cm³/mol. The van der Waals surface area contributed by atoms with Crippen LogP contribution in [0, 0.1) is 0 Å². The third-order valence-corrected chi connectivity index (χ3v) is 7.37. The molecule has 30 heavy (non-hydrogen) atoms. The molecule has 3 rings (SSSR count). The Kier molecular flexibility index (Phi) is 6.83. The number of benzene rings is 2. The molecule has 0 unspecified atom stereocenters. The summed E-state index contributed by atoms with van der Waals surface area (Å²) in [6, 6.07) is 13.5. The second-order valence-corrected chi connectivity index (χ2v) is 11.4. The molecule has 164 valence electrons. The zero-order valence-corrected chi connectivity index (χ0v) is 19.4. The van der Waals surface area contributed by atoms with Gasteiger partial charge in [0.2, 0.25) is 0 Å². The maximum Gasteiger partial charge on any atom is 0.264 e. The van der Waals surface area contributed by atoms with Crippen LogP contribution < -0.4 is 4.74 Å². The van der Waals surface area contributed by atoms with Crippen LogP contribution in [-0.4, -0.2) is 49.7 Å². The van der Waals surface area contributed by atoms with E-state index in [0.29, 0.717) is 18.6 Å². The van der Waals surface area contributed by atoms with Gasteiger partial charge < -0.3 is 4.74 Å². The van der Waals surface area contributed by atoms with E-state index in [1.165, 1.54) is 0 Å². The Morgan fingerprint density at radius 2 is 1.40 bits per heavy atom. The molecule has 1 aliphatic rings. The summed E-state index contributed by atoms with van der Waals surface area (Å²) in [4.78, 5) is 1.91. The van der Waals surface area contributed by atoms with Gasteiger partial charge in [0.05, 0.1) is 37.7 Å². The summed E-state index contributed by atoms with van der Waals surface area (Å²) in [6.45, 7) is -0.0965. The van der Waals surface area contributed by atoms with Gasteiger partial charge in [0, 0.05) is 10.3 Å². The highest BCUT2D eigenvalue weighted by atomic mass is 32.2. The van der Waals surface area contributed by atoms with E-state index in [4.69, 9.17) is 13.1 Å². The van der Waals surface area contributed by atoms with Crippen molar-refractivity contribution in [1.29, 1.82) is 0 Å². The molecule has 1 aliphatic heterocycles. The first-order valence-electron chi connectivity index (χ1n) is 9.19. The van der Waals surface area contributed by atoms with Crippen molar-refractivity contribution in [3.8, 4) is 5.75 Å². The number of rotatable bonds is 9. The summed E-state index contributed by atoms with van der Waals surface area (Å²) in [6.07, 6.45) is 2.66. The fourth-order valence-corrected chi connectivity index (χ4v) is 5.90. The summed E-state index contributed by atoms with van der Waals surface area (Å²) in [5.74, 6) is 0.699. The van der Waals surface area contributed by atoms with Crippen LogP contribution in [0.25, 0.3) is 0 Å². The number of methoxy groups -OCH3 is 1. The molecule has 0 atom stereocenters. The van der Waals surface area contributed by atoms with E-state index in [9.17, 15) is 16.8 Å². The average molecular weight is 473 g/mol. The molecule has 10 heteroatoms. The molecule has 0 aromatic heterocycles. The van der Waals surface area contributed by atoms with Crippen molar-refractivity contribution in [2.45, 2.75) is 28.0 Å². The molecule has 0 saturated heterocycles. The summed E-state index contributed by atoms with van der Waals surface area (Å²) in [5, 5.41) is 0. The Bertz CT molecular complexity index is 1090. The molecule has 0 spiro atoms. The highest BCUT2D eigenvalue weighted by Crippen LogP contribution is 2.55. The standard InChI is InChI=1S/C20H24O7S3/c1-25-17-9-6-8-16-19(17)28-18-10-5-4-7-15(18)20(16,11-13-26-29(2,21)22)12-14-27-30(3,23)24/h4-10H,11-14H2,1-3H3. The molecule has 0 aliphatic carbocycles. The maximum atomic E-state index is 11.6. The fourth-order valence-electron chi connectivity index (χ4n) is 3.76. The van der Waals surface area contributed by atoms with Gasteiger partial charge in [-0.3, -0.25) is 8.37 Å². The number of hydrogen-bond donors (Lipinski definition) is 0. The molecule has 2 aromatic rings. The highest BCUT2D eigenvalue weighted by Gasteiger charge is 2.42. The zero-order chi connectivity index (χ0) is 22.0. The fraction of sp³-hybridized carbons (Fsp3) is 0.400. The lowest BCUT2D eigenvalue weighted by molar-refractivity contribution is 0.234. The van der Waals surface area contributed by atoms with Crippen molar-refractivity contribution in [3.63, 3.8) is 0 Å². The third-order valence-electron chi connectivity index (χ3n) is 4.98. The lowest BCUT2D eigenvalue weighted by Crippen LogP contribution is -2.35. The van der Waals surface area contributed by atoms with Crippen molar-refractivity contribution in [1.82, 2.24) is 0 Å². The maximum absolute atomic E-state index is 11.6. The molecule has 0 saturated carbocycles. The highest BCUT2D eigenvalue weighted by molar-refractivity contribution is 7.99. The van der Waals surface area contributed by atoms with Crippen LogP contribution in [0.15, 0.2) is 52.3 Å². The Morgan fingerprint density at radius 1 is 0.833 bits per heavy atom. The first kappa shape index (κ1) is 23.1. The van der Waals surface area contributed by atoms with Crippen LogP contribution in [0.4, 0.5) is 0 Å². The van der Waals surface area contributed by atoms with Gasteiger partial charge in [0.15, 0.2) is 0 Å². The van der Waals surface area contributed by atoms with Crippen LogP contribution in [0.3, 0.4) is 0 Å². The van der Waals surface area contributed by atoms with Gasteiger partial charge in [-0.1, -0.05) is 42.1 Å². The molecule has 0 N–H and O–H groups in total. The van der Waals surface area contributed by atoms with E-state index < -0.39 is 25.7 Å². The van der Waals surface area contributed by atoms with Crippen LogP contribution >= 0.6 is 11.8 Å². The van der Waals surface area contributed by atoms with Crippen molar-refractivity contribution in [3.05, 3.63) is 53.6 Å². The van der Waals surface area contributed by atoms with Gasteiger partial charge in [0.1, 0.15) is 5.75 Å². The van der Waals surface area contributed by atoms with Crippen LogP contribution in [0.2, 0.25) is 0 Å². The van der Waals surface area contributed by atoms with Gasteiger partial charge in [-0.2, -0.15) is 16.8 Å². The van der Waals surface area contributed by atoms with Crippen LogP contribution in [-0.2, 0) is 34.0 Å². The van der Waals surface area contributed by atoms with E-state index in [0.717, 1.165) is 33.4 Å². The molecule has 7 nitrogen and oxygen atoms in total. The summed E-state index contributed by atoms with van der Waals surface area (Å²) >= 11 is 1.57. The summed E-state index contributed by atoms with van der Waals surface area (Å²) < 4.78 is 62.0. The first-order chi connectivity index (χ1) is 14.1. The molecular weight excluding hydrogens is 448 g/mol.